The van der Waals surface area contributed by atoms with Crippen molar-refractivity contribution in [1.29, 1.82) is 0 Å². The second kappa shape index (κ2) is 10.1. The standard InChI is InChI=1S/C19H20N4O2S.HI/c1-24-16-9-8-14(10-17(16)25-2)23-19(20)21-11-15-12-26-18(22-15)13-6-4-3-5-7-13;/h3-10,12H,11H2,1-2H3,(H3,20,21,23);1H. The van der Waals surface area contributed by atoms with Gasteiger partial charge in [-0.15, -0.1) is 35.3 Å². The molecule has 0 saturated heterocycles. The van der Waals surface area contributed by atoms with E-state index < -0.39 is 0 Å². The number of aliphatic imine (C=N–C) groups is 1. The lowest BCUT2D eigenvalue weighted by Gasteiger charge is -2.10. The first-order valence-electron chi connectivity index (χ1n) is 7.98. The molecule has 0 spiro atoms. The second-order valence-corrected chi connectivity index (χ2v) is 6.26. The quantitative estimate of drug-likeness (QED) is 0.301. The fraction of sp³-hybridized carbons (Fsp3) is 0.158. The minimum Gasteiger partial charge on any atom is -0.493 e. The number of aromatic nitrogens is 1. The summed E-state index contributed by atoms with van der Waals surface area (Å²) in [6, 6.07) is 15.5. The minimum absolute atomic E-state index is 0. The average Bonchev–Trinajstić information content (AvgIpc) is 3.16. The fourth-order valence-corrected chi connectivity index (χ4v) is 3.18. The third-order valence-corrected chi connectivity index (χ3v) is 4.58. The summed E-state index contributed by atoms with van der Waals surface area (Å²) < 4.78 is 10.5. The van der Waals surface area contributed by atoms with Gasteiger partial charge in [0.2, 0.25) is 0 Å². The number of nitrogens with two attached hydrogens (primary N) is 1. The molecule has 0 radical (unpaired) electrons. The van der Waals surface area contributed by atoms with E-state index in [1.54, 1.807) is 37.7 Å². The predicted octanol–water partition coefficient (Wildman–Crippen LogP) is 4.37. The molecule has 3 rings (SSSR count). The van der Waals surface area contributed by atoms with Crippen molar-refractivity contribution in [3.05, 3.63) is 59.6 Å². The molecule has 0 fully saturated rings. The van der Waals surface area contributed by atoms with Gasteiger partial charge < -0.3 is 20.5 Å². The fourth-order valence-electron chi connectivity index (χ4n) is 2.36. The van der Waals surface area contributed by atoms with E-state index in [-0.39, 0.29) is 24.0 Å². The van der Waals surface area contributed by atoms with Crippen LogP contribution in [0.1, 0.15) is 5.69 Å². The average molecular weight is 496 g/mol. The molecule has 0 aliphatic rings. The molecule has 3 aromatic rings. The Morgan fingerprint density at radius 1 is 1.11 bits per heavy atom. The minimum atomic E-state index is 0. The molecule has 0 aliphatic carbocycles. The van der Waals surface area contributed by atoms with Crippen molar-refractivity contribution in [1.82, 2.24) is 4.98 Å². The number of thiazole rings is 1. The van der Waals surface area contributed by atoms with E-state index in [1.807, 2.05) is 41.8 Å². The molecule has 0 bridgehead atoms. The first-order valence-corrected chi connectivity index (χ1v) is 8.86. The number of ether oxygens (including phenoxy) is 2. The lowest BCUT2D eigenvalue weighted by molar-refractivity contribution is 0.355. The Hall–Kier alpha value is -2.33. The third kappa shape index (κ3) is 5.57. The Morgan fingerprint density at radius 2 is 1.85 bits per heavy atom. The van der Waals surface area contributed by atoms with Crippen molar-refractivity contribution in [2.24, 2.45) is 10.7 Å². The lowest BCUT2D eigenvalue weighted by atomic mass is 10.2. The number of methoxy groups -OCH3 is 2. The van der Waals surface area contributed by atoms with Crippen molar-refractivity contribution in [2.75, 3.05) is 19.5 Å². The highest BCUT2D eigenvalue weighted by molar-refractivity contribution is 14.0. The molecule has 0 unspecified atom stereocenters. The molecular weight excluding hydrogens is 475 g/mol. The highest BCUT2D eigenvalue weighted by Crippen LogP contribution is 2.29. The Kier molecular flexibility index (Phi) is 7.86. The van der Waals surface area contributed by atoms with Crippen LogP contribution in [0.5, 0.6) is 11.5 Å². The van der Waals surface area contributed by atoms with Gasteiger partial charge in [-0.3, -0.25) is 0 Å². The Bertz CT molecular complexity index is 900. The van der Waals surface area contributed by atoms with Gasteiger partial charge in [0, 0.05) is 22.7 Å². The number of nitrogens with zero attached hydrogens (tertiary/aromatic N) is 2. The van der Waals surface area contributed by atoms with E-state index in [1.165, 1.54) is 0 Å². The Balaban J connectivity index is 0.00000261. The monoisotopic (exact) mass is 496 g/mol. The summed E-state index contributed by atoms with van der Waals surface area (Å²) >= 11 is 1.60. The predicted molar refractivity (Wildman–Crippen MR) is 121 cm³/mol. The molecule has 0 atom stereocenters. The molecule has 0 saturated carbocycles. The summed E-state index contributed by atoms with van der Waals surface area (Å²) in [4.78, 5) is 8.95. The smallest absolute Gasteiger partial charge is 0.193 e. The van der Waals surface area contributed by atoms with Gasteiger partial charge in [-0.1, -0.05) is 30.3 Å². The summed E-state index contributed by atoms with van der Waals surface area (Å²) in [6.45, 7) is 0.412. The van der Waals surface area contributed by atoms with E-state index in [0.29, 0.717) is 24.0 Å². The van der Waals surface area contributed by atoms with Crippen LogP contribution in [0.3, 0.4) is 0 Å². The molecule has 8 heteroatoms. The molecule has 1 aromatic heterocycles. The number of hydrogen-bond acceptors (Lipinski definition) is 5. The van der Waals surface area contributed by atoms with E-state index in [0.717, 1.165) is 22.0 Å². The van der Waals surface area contributed by atoms with Crippen molar-refractivity contribution in [3.8, 4) is 22.1 Å². The number of nitrogens with one attached hydrogen (secondary N) is 1. The van der Waals surface area contributed by atoms with Crippen LogP contribution in [-0.2, 0) is 6.54 Å². The largest absolute Gasteiger partial charge is 0.493 e. The summed E-state index contributed by atoms with van der Waals surface area (Å²) in [6.07, 6.45) is 0. The molecule has 142 valence electrons. The molecule has 0 aliphatic heterocycles. The molecular formula is C19H21IN4O2S. The van der Waals surface area contributed by atoms with E-state index >= 15 is 0 Å². The van der Waals surface area contributed by atoms with Gasteiger partial charge >= 0.3 is 0 Å². The first-order chi connectivity index (χ1) is 12.7. The highest BCUT2D eigenvalue weighted by atomic mass is 127. The second-order valence-electron chi connectivity index (χ2n) is 5.41. The lowest BCUT2D eigenvalue weighted by Crippen LogP contribution is -2.22. The van der Waals surface area contributed by atoms with Gasteiger partial charge in [0.15, 0.2) is 17.5 Å². The summed E-state index contributed by atoms with van der Waals surface area (Å²) in [7, 11) is 3.18. The van der Waals surface area contributed by atoms with Crippen LogP contribution in [0, 0.1) is 0 Å². The van der Waals surface area contributed by atoms with Crippen molar-refractivity contribution in [2.45, 2.75) is 6.54 Å². The zero-order valence-corrected chi connectivity index (χ0v) is 18.2. The van der Waals surface area contributed by atoms with Crippen LogP contribution in [0.15, 0.2) is 58.9 Å². The van der Waals surface area contributed by atoms with E-state index in [2.05, 4.69) is 15.3 Å². The number of hydrogen-bond donors (Lipinski definition) is 2. The zero-order chi connectivity index (χ0) is 18.4. The van der Waals surface area contributed by atoms with Crippen LogP contribution in [-0.4, -0.2) is 25.2 Å². The van der Waals surface area contributed by atoms with Crippen LogP contribution in [0.4, 0.5) is 5.69 Å². The molecule has 1 heterocycles. The number of guanidine groups is 1. The van der Waals surface area contributed by atoms with Crippen molar-refractivity contribution >= 4 is 47.0 Å². The van der Waals surface area contributed by atoms with Gasteiger partial charge in [-0.2, -0.15) is 0 Å². The van der Waals surface area contributed by atoms with Crippen molar-refractivity contribution < 1.29 is 9.47 Å². The molecule has 0 amide bonds. The van der Waals surface area contributed by atoms with Gasteiger partial charge in [0.1, 0.15) is 5.01 Å². The molecule has 6 nitrogen and oxygen atoms in total. The maximum Gasteiger partial charge on any atom is 0.193 e. The summed E-state index contributed by atoms with van der Waals surface area (Å²) in [5, 5.41) is 6.01. The zero-order valence-electron chi connectivity index (χ0n) is 15.0. The number of benzene rings is 2. The highest BCUT2D eigenvalue weighted by Gasteiger charge is 2.06. The first kappa shape index (κ1) is 21.0. The number of anilines is 1. The maximum absolute atomic E-state index is 5.98. The molecule has 2 aromatic carbocycles. The van der Waals surface area contributed by atoms with Gasteiger partial charge in [0.25, 0.3) is 0 Å². The van der Waals surface area contributed by atoms with E-state index in [4.69, 9.17) is 15.2 Å². The van der Waals surface area contributed by atoms with E-state index in [9.17, 15) is 0 Å². The van der Waals surface area contributed by atoms with Gasteiger partial charge in [0.05, 0.1) is 26.5 Å². The third-order valence-electron chi connectivity index (χ3n) is 3.64. The summed E-state index contributed by atoms with van der Waals surface area (Å²) in [5.41, 5.74) is 8.73. The van der Waals surface area contributed by atoms with Crippen LogP contribution >= 0.6 is 35.3 Å². The van der Waals surface area contributed by atoms with Crippen LogP contribution in [0.2, 0.25) is 0 Å². The van der Waals surface area contributed by atoms with Gasteiger partial charge in [-0.25, -0.2) is 9.98 Å². The normalized spacial score (nSPS) is 10.8. The van der Waals surface area contributed by atoms with Crippen molar-refractivity contribution in [3.63, 3.8) is 0 Å². The van der Waals surface area contributed by atoms with Gasteiger partial charge in [-0.05, 0) is 12.1 Å². The summed E-state index contributed by atoms with van der Waals surface area (Å²) in [5.74, 6) is 1.59. The molecule has 3 N–H and O–H groups in total. The van der Waals surface area contributed by atoms with Crippen LogP contribution < -0.4 is 20.5 Å². The SMILES string of the molecule is COc1ccc(NC(N)=NCc2csc(-c3ccccc3)n2)cc1OC.I. The maximum atomic E-state index is 5.98. The number of halogens is 1. The van der Waals surface area contributed by atoms with Crippen LogP contribution in [0.25, 0.3) is 10.6 Å². The molecule has 27 heavy (non-hydrogen) atoms. The number of rotatable bonds is 6. The topological polar surface area (TPSA) is 81.8 Å². The Labute approximate surface area is 179 Å². The Morgan fingerprint density at radius 3 is 2.56 bits per heavy atom.